The highest BCUT2D eigenvalue weighted by molar-refractivity contribution is 7.82. The van der Waals surface area contributed by atoms with Crippen LogP contribution in [0.1, 0.15) is 0 Å². The number of nitrogens with one attached hydrogen (secondary N) is 2. The Morgan fingerprint density at radius 1 is 0.630 bits per heavy atom. The third kappa shape index (κ3) is 19.7. The van der Waals surface area contributed by atoms with Gasteiger partial charge in [0.2, 0.25) is 6.41 Å². The first-order valence-electron chi connectivity index (χ1n) is 12.3. The summed E-state index contributed by atoms with van der Waals surface area (Å²) in [5.74, 6) is -2.45. The van der Waals surface area contributed by atoms with Crippen molar-refractivity contribution in [3.8, 4) is 0 Å². The van der Waals surface area contributed by atoms with Crippen LogP contribution in [0.5, 0.6) is 0 Å². The van der Waals surface area contributed by atoms with E-state index in [-0.39, 0.29) is 6.41 Å². The second-order valence-corrected chi connectivity index (χ2v) is 16.7. The highest BCUT2D eigenvalue weighted by atomic mass is 32.3. The molecule has 0 bridgehead atoms. The van der Waals surface area contributed by atoms with Gasteiger partial charge in [-0.2, -0.15) is 58.9 Å². The van der Waals surface area contributed by atoms with Gasteiger partial charge in [-0.15, -0.1) is 0 Å². The highest BCUT2D eigenvalue weighted by Crippen LogP contribution is 2.28. The molecule has 320 valence electrons. The molecule has 0 aromatic heterocycles. The Morgan fingerprint density at radius 3 is 1.48 bits per heavy atom. The Labute approximate surface area is 302 Å². The van der Waals surface area contributed by atoms with E-state index >= 15 is 0 Å². The molecule has 0 saturated carbocycles. The summed E-state index contributed by atoms with van der Waals surface area (Å²) in [6, 6.07) is -2.27. The van der Waals surface area contributed by atoms with E-state index in [0.29, 0.717) is 0 Å². The predicted molar refractivity (Wildman–Crippen MR) is 153 cm³/mol. The Hall–Kier alpha value is -2.05. The molecule has 2 amide bonds. The van der Waals surface area contributed by atoms with Crippen molar-refractivity contribution in [2.75, 3.05) is 13.2 Å². The van der Waals surface area contributed by atoms with Gasteiger partial charge in [-0.05, 0) is 0 Å². The zero-order chi connectivity index (χ0) is 42.5. The number of ether oxygens (including phenoxy) is 1. The van der Waals surface area contributed by atoms with Crippen LogP contribution in [0.2, 0.25) is 0 Å². The summed E-state index contributed by atoms with van der Waals surface area (Å²) in [5, 5.41) is 13.3. The van der Waals surface area contributed by atoms with E-state index < -0.39 is 147 Å². The second kappa shape index (κ2) is 18.5. The van der Waals surface area contributed by atoms with Gasteiger partial charge >= 0.3 is 72.8 Å². The van der Waals surface area contributed by atoms with Crippen LogP contribution in [-0.4, -0.2) is 176 Å². The van der Waals surface area contributed by atoms with E-state index in [9.17, 15) is 91.8 Å². The first-order valence-corrected chi connectivity index (χ1v) is 21.8. The monoisotopic (exact) mass is 944 g/mol. The van der Waals surface area contributed by atoms with Crippen LogP contribution in [0.4, 0.5) is 0 Å². The van der Waals surface area contributed by atoms with Gasteiger partial charge in [0.25, 0.3) is 5.91 Å². The number of hydrogen-bond acceptors (Lipinski definition) is 25. The fourth-order valence-electron chi connectivity index (χ4n) is 3.91. The lowest BCUT2D eigenvalue weighted by Gasteiger charge is -2.42. The maximum absolute atomic E-state index is 13.3. The van der Waals surface area contributed by atoms with Crippen molar-refractivity contribution >= 4 is 85.1 Å². The smallest absolute Gasteiger partial charge is 0.366 e. The lowest BCUT2D eigenvalue weighted by atomic mass is 9.96. The SMILES string of the molecule is O=CN[C@H]1[C@@H](OS(=O)(=O)O)[C@H](OS(=O)(=O)O)[C@@H](CNC(=O)[C@H](OS(=O)(=O)O)[C@@H](OS(=O)(=O)O)[C@H](OS(=O)(=O)O)[C@@H](COS(=O)(=O)O)OS(=O)(=O)O)O[C@@H]1O. The van der Waals surface area contributed by atoms with E-state index in [0.717, 1.165) is 0 Å². The number of amides is 2. The van der Waals surface area contributed by atoms with Crippen molar-refractivity contribution in [1.29, 1.82) is 0 Å². The molecule has 54 heavy (non-hydrogen) atoms. The van der Waals surface area contributed by atoms with E-state index in [1.807, 2.05) is 0 Å². The Balaban J connectivity index is 3.97. The summed E-state index contributed by atoms with van der Waals surface area (Å²) in [6.45, 7) is -3.89. The van der Waals surface area contributed by atoms with Gasteiger partial charge in [0.05, 0.1) is 6.61 Å². The Kier molecular flexibility index (Phi) is 17.1. The molecule has 9 atom stereocenters. The molecule has 0 radical (unpaired) electrons. The number of carbonyl (C=O) groups excluding carboxylic acids is 2. The molecule has 1 fully saturated rings. The highest BCUT2D eigenvalue weighted by Gasteiger charge is 2.53. The fourth-order valence-corrected chi connectivity index (χ4v) is 7.18. The fraction of sp³-hybridized carbons (Fsp3) is 0.846. The lowest BCUT2D eigenvalue weighted by molar-refractivity contribution is -0.235. The minimum atomic E-state index is -6.36. The van der Waals surface area contributed by atoms with Crippen LogP contribution in [0.25, 0.3) is 0 Å². The molecule has 34 nitrogen and oxygen atoms in total. The Bertz CT molecular complexity index is 2110. The third-order valence-corrected chi connectivity index (χ3v) is 8.67. The molecule has 1 aliphatic heterocycles. The van der Waals surface area contributed by atoms with Gasteiger partial charge in [0, 0.05) is 6.54 Å². The first-order chi connectivity index (χ1) is 23.9. The molecule has 1 aliphatic rings. The molecule has 10 N–H and O–H groups in total. The molecule has 0 unspecified atom stereocenters. The molecule has 0 aliphatic carbocycles. The number of hydrogen-bond donors (Lipinski definition) is 10. The molecule has 0 spiro atoms. The van der Waals surface area contributed by atoms with Crippen molar-refractivity contribution in [3.63, 3.8) is 0 Å². The number of aliphatic hydroxyl groups is 1. The van der Waals surface area contributed by atoms with Crippen LogP contribution < -0.4 is 10.6 Å². The maximum atomic E-state index is 13.3. The second-order valence-electron chi connectivity index (χ2n) is 9.29. The van der Waals surface area contributed by atoms with E-state index in [4.69, 9.17) is 18.4 Å². The van der Waals surface area contributed by atoms with Gasteiger partial charge in [-0.1, -0.05) is 0 Å². The average Bonchev–Trinajstić information content (AvgIpc) is 2.90. The van der Waals surface area contributed by atoms with Crippen molar-refractivity contribution in [2.24, 2.45) is 0 Å². The normalized spacial score (nSPS) is 24.5. The number of rotatable bonds is 23. The maximum Gasteiger partial charge on any atom is 0.398 e. The van der Waals surface area contributed by atoms with Crippen LogP contribution in [0.15, 0.2) is 0 Å². The van der Waals surface area contributed by atoms with Crippen molar-refractivity contribution in [1.82, 2.24) is 10.6 Å². The van der Waals surface area contributed by atoms with Crippen molar-refractivity contribution in [3.05, 3.63) is 0 Å². The minimum Gasteiger partial charge on any atom is -0.366 e. The van der Waals surface area contributed by atoms with Gasteiger partial charge in [-0.25, -0.2) is 29.3 Å². The quantitative estimate of drug-likeness (QED) is 0.0336. The summed E-state index contributed by atoms with van der Waals surface area (Å²) in [4.78, 5) is 24.3. The Morgan fingerprint density at radius 2 is 1.07 bits per heavy atom. The van der Waals surface area contributed by atoms with Gasteiger partial charge in [-0.3, -0.25) is 41.5 Å². The molecular weight excluding hydrogens is 921 g/mol. The summed E-state index contributed by atoms with van der Waals surface area (Å²) < 4.78 is 257. The van der Waals surface area contributed by atoms with Gasteiger partial charge in [0.1, 0.15) is 42.7 Å². The summed E-state index contributed by atoms with van der Waals surface area (Å²) in [7, 11) is -42.5. The molecule has 1 rings (SSSR count). The minimum absolute atomic E-state index is 0.304. The van der Waals surface area contributed by atoms with E-state index in [2.05, 4.69) is 29.3 Å². The molecule has 0 aromatic carbocycles. The summed E-state index contributed by atoms with van der Waals surface area (Å²) in [5.41, 5.74) is 0. The first kappa shape index (κ1) is 50.0. The number of carbonyl (C=O) groups is 2. The topological polar surface area (TPSA) is 533 Å². The molecule has 41 heteroatoms. The van der Waals surface area contributed by atoms with Gasteiger partial charge in [0.15, 0.2) is 12.4 Å². The van der Waals surface area contributed by atoms with Crippen LogP contribution in [0.3, 0.4) is 0 Å². The van der Waals surface area contributed by atoms with Gasteiger partial charge < -0.3 is 20.5 Å². The van der Waals surface area contributed by atoms with Crippen molar-refractivity contribution < 1.29 is 140 Å². The lowest BCUT2D eigenvalue weighted by Crippen LogP contribution is -2.66. The van der Waals surface area contributed by atoms with E-state index in [1.54, 1.807) is 5.32 Å². The molecule has 1 saturated heterocycles. The summed E-state index contributed by atoms with van der Waals surface area (Å²) in [6.07, 6.45) is -25.7. The predicted octanol–water partition coefficient (Wildman–Crippen LogP) is -8.12. The zero-order valence-electron chi connectivity index (χ0n) is 24.9. The number of aliphatic hydroxyl groups excluding tert-OH is 1. The molecule has 0 aromatic rings. The largest absolute Gasteiger partial charge is 0.398 e. The summed E-state index contributed by atoms with van der Waals surface area (Å²) >= 11 is 0. The zero-order valence-corrected chi connectivity index (χ0v) is 30.6. The van der Waals surface area contributed by atoms with Crippen LogP contribution >= 0.6 is 0 Å². The third-order valence-electron chi connectivity index (χ3n) is 5.43. The average molecular weight is 945 g/mol. The molecular formula is C13H24N2O32S7. The molecule has 1 heterocycles. The van der Waals surface area contributed by atoms with E-state index in [1.165, 1.54) is 5.32 Å². The van der Waals surface area contributed by atoms with Crippen LogP contribution in [0, 0.1) is 0 Å². The van der Waals surface area contributed by atoms with Crippen molar-refractivity contribution in [2.45, 2.75) is 55.1 Å². The standard InChI is InChI=1S/C13H24N2O32S7/c16-3-15-6-9(45-52(31,32)33)7(43-50(25,26)27)4(41-13(6)18)1-14-12(17)11(47-54(37,38)39)10(46-53(34,35)36)8(44-51(28,29)30)5(42-49(22,23)24)2-40-48(19,20)21/h3-11,13,18H,1-2H2,(H,14,17)(H,15,16)(H,19,20,21)(H,22,23,24)(H,25,26,27)(H,28,29,30)(H,31,32,33)(H,34,35,36)(H,37,38,39)/t4-,5-,6+,7-,8-,9-,10+,11-,13+/m1/s1. The van der Waals surface area contributed by atoms with Crippen LogP contribution in [-0.2, 0) is 116 Å².